The Balaban J connectivity index is 2.61. The van der Waals surface area contributed by atoms with Crippen LogP contribution in [-0.4, -0.2) is 42.1 Å². The van der Waals surface area contributed by atoms with Crippen LogP contribution in [0.2, 0.25) is 0 Å². The normalized spacial score (nSPS) is 13.4. The second-order valence-electron chi connectivity index (χ2n) is 7.09. The quantitative estimate of drug-likeness (QED) is 0.528. The second kappa shape index (κ2) is 9.36. The summed E-state index contributed by atoms with van der Waals surface area (Å²) in [5, 5.41) is 11.6. The van der Waals surface area contributed by atoms with Crippen molar-refractivity contribution < 1.29 is 28.6 Å². The van der Waals surface area contributed by atoms with E-state index in [0.29, 0.717) is 40.7 Å². The number of hydrogen-bond donors (Lipinski definition) is 2. The maximum atomic E-state index is 13.1. The number of esters is 1. The number of aliphatic carboxylic acids is 1. The number of carboxylic acid groups (broad SMARTS) is 1. The minimum absolute atomic E-state index is 0.000657. The van der Waals surface area contributed by atoms with E-state index in [2.05, 4.69) is 5.32 Å². The van der Waals surface area contributed by atoms with Crippen LogP contribution in [-0.2, 0) is 22.6 Å². The number of ether oxygens (including phenoxy) is 1. The number of hydrogen-bond acceptors (Lipinski definition) is 4. The summed E-state index contributed by atoms with van der Waals surface area (Å²) in [4.78, 5) is 36.8. The molecule has 0 aliphatic carbocycles. The molecule has 29 heavy (non-hydrogen) atoms. The van der Waals surface area contributed by atoms with Gasteiger partial charge in [-0.25, -0.2) is 14.0 Å². The number of anilines is 1. The highest BCUT2D eigenvalue weighted by atomic mass is 19.1. The maximum absolute atomic E-state index is 13.1. The summed E-state index contributed by atoms with van der Waals surface area (Å²) in [6, 6.07) is -0.432. The molecule has 0 fully saturated rings. The summed E-state index contributed by atoms with van der Waals surface area (Å²) in [6.45, 7) is 3.64. The monoisotopic (exact) mass is 404 g/mol. The SMILES string of the molecule is C/C(=C\Cc1c(C=CF)c(C)c2c(c1NC(=O)N(C)C)C(=O)OC2)CCC(=O)O. The van der Waals surface area contributed by atoms with Gasteiger partial charge in [-0.05, 0) is 49.5 Å². The largest absolute Gasteiger partial charge is 0.481 e. The average Bonchev–Trinajstić information content (AvgIpc) is 3.04. The van der Waals surface area contributed by atoms with Gasteiger partial charge in [0.2, 0.25) is 0 Å². The number of carbonyl (C=O) groups is 3. The van der Waals surface area contributed by atoms with Crippen molar-refractivity contribution >= 4 is 29.7 Å². The smallest absolute Gasteiger partial charge is 0.341 e. The maximum Gasteiger partial charge on any atom is 0.341 e. The Bertz CT molecular complexity index is 903. The molecule has 1 aliphatic heterocycles. The number of benzene rings is 1. The van der Waals surface area contributed by atoms with E-state index < -0.39 is 18.0 Å². The van der Waals surface area contributed by atoms with Gasteiger partial charge in [0, 0.05) is 26.1 Å². The average molecular weight is 404 g/mol. The van der Waals surface area contributed by atoms with E-state index in [9.17, 15) is 18.8 Å². The zero-order valence-electron chi connectivity index (χ0n) is 17.0. The molecule has 156 valence electrons. The minimum atomic E-state index is -0.895. The number of fused-ring (bicyclic) bond motifs is 1. The fourth-order valence-electron chi connectivity index (χ4n) is 3.17. The highest BCUT2D eigenvalue weighted by molar-refractivity contribution is 6.05. The molecule has 0 aromatic heterocycles. The van der Waals surface area contributed by atoms with Gasteiger partial charge < -0.3 is 20.1 Å². The standard InChI is InChI=1S/C21H25FN2O5/c1-12(6-8-17(25)26)5-7-15-14(9-10-22)13(2)16-11-29-20(27)18(16)19(15)23-21(28)24(3)4/h5,9-10H,6-8,11H2,1-4H3,(H,23,28)(H,25,26)/b10-9?,12-5+. The zero-order valence-corrected chi connectivity index (χ0v) is 17.0. The van der Waals surface area contributed by atoms with E-state index in [0.717, 1.165) is 5.57 Å². The van der Waals surface area contributed by atoms with Gasteiger partial charge in [-0.1, -0.05) is 11.6 Å². The molecule has 0 saturated carbocycles. The first-order chi connectivity index (χ1) is 13.7. The second-order valence-corrected chi connectivity index (χ2v) is 7.09. The number of rotatable bonds is 7. The predicted octanol–water partition coefficient (Wildman–Crippen LogP) is 4.05. The fraction of sp³-hybridized carbons (Fsp3) is 0.381. The third-order valence-corrected chi connectivity index (χ3v) is 4.84. The lowest BCUT2D eigenvalue weighted by Gasteiger charge is -2.21. The van der Waals surface area contributed by atoms with Crippen LogP contribution in [0.25, 0.3) is 6.08 Å². The molecular weight excluding hydrogens is 379 g/mol. The minimum Gasteiger partial charge on any atom is -0.481 e. The molecule has 1 aromatic rings. The first-order valence-electron chi connectivity index (χ1n) is 9.15. The summed E-state index contributed by atoms with van der Waals surface area (Å²) in [5.74, 6) is -1.44. The third-order valence-electron chi connectivity index (χ3n) is 4.84. The summed E-state index contributed by atoms with van der Waals surface area (Å²) in [5.41, 5.74) is 3.86. The number of allylic oxidation sites excluding steroid dienone is 2. The van der Waals surface area contributed by atoms with Gasteiger partial charge in [0.1, 0.15) is 6.61 Å². The molecule has 0 spiro atoms. The lowest BCUT2D eigenvalue weighted by molar-refractivity contribution is -0.136. The van der Waals surface area contributed by atoms with E-state index in [1.165, 1.54) is 11.0 Å². The third kappa shape index (κ3) is 5.01. The van der Waals surface area contributed by atoms with Crippen molar-refractivity contribution in [2.75, 3.05) is 19.4 Å². The van der Waals surface area contributed by atoms with Crippen LogP contribution in [0.5, 0.6) is 0 Å². The van der Waals surface area contributed by atoms with Gasteiger partial charge in [0.15, 0.2) is 0 Å². The zero-order chi connectivity index (χ0) is 21.7. The molecule has 1 aliphatic rings. The van der Waals surface area contributed by atoms with E-state index in [1.54, 1.807) is 27.9 Å². The molecule has 2 amide bonds. The molecule has 8 heteroatoms. The molecule has 7 nitrogen and oxygen atoms in total. The number of amides is 2. The van der Waals surface area contributed by atoms with E-state index in [-0.39, 0.29) is 25.0 Å². The summed E-state index contributed by atoms with van der Waals surface area (Å²) >= 11 is 0. The number of carboxylic acids is 1. The van der Waals surface area contributed by atoms with Crippen LogP contribution < -0.4 is 5.32 Å². The molecule has 0 unspecified atom stereocenters. The molecule has 2 rings (SSSR count). The Labute approximate surface area is 168 Å². The van der Waals surface area contributed by atoms with Gasteiger partial charge in [0.25, 0.3) is 0 Å². The Hall–Kier alpha value is -3.16. The summed E-state index contributed by atoms with van der Waals surface area (Å²) in [7, 11) is 3.14. The van der Waals surface area contributed by atoms with Gasteiger partial charge in [-0.3, -0.25) is 4.79 Å². The number of cyclic esters (lactones) is 1. The van der Waals surface area contributed by atoms with Crippen molar-refractivity contribution in [3.05, 3.63) is 45.8 Å². The topological polar surface area (TPSA) is 95.9 Å². The molecule has 0 radical (unpaired) electrons. The summed E-state index contributed by atoms with van der Waals surface area (Å²) in [6.07, 6.45) is 4.18. The van der Waals surface area contributed by atoms with Crippen molar-refractivity contribution in [1.82, 2.24) is 4.90 Å². The highest BCUT2D eigenvalue weighted by Gasteiger charge is 2.31. The van der Waals surface area contributed by atoms with Gasteiger partial charge in [0.05, 0.1) is 17.6 Å². The van der Waals surface area contributed by atoms with Gasteiger partial charge in [-0.2, -0.15) is 0 Å². The van der Waals surface area contributed by atoms with Crippen LogP contribution in [0.3, 0.4) is 0 Å². The molecule has 0 bridgehead atoms. The molecule has 1 heterocycles. The number of nitrogens with one attached hydrogen (secondary N) is 1. The Kier molecular flexibility index (Phi) is 7.14. The molecule has 1 aromatic carbocycles. The molecule has 0 saturated heterocycles. The number of urea groups is 1. The van der Waals surface area contributed by atoms with Crippen molar-refractivity contribution in [2.24, 2.45) is 0 Å². The molecule has 2 N–H and O–H groups in total. The summed E-state index contributed by atoms with van der Waals surface area (Å²) < 4.78 is 18.3. The Morgan fingerprint density at radius 3 is 2.59 bits per heavy atom. The predicted molar refractivity (Wildman–Crippen MR) is 107 cm³/mol. The fourth-order valence-corrected chi connectivity index (χ4v) is 3.17. The number of carbonyl (C=O) groups excluding carboxylic acids is 2. The van der Waals surface area contributed by atoms with Crippen molar-refractivity contribution in [1.29, 1.82) is 0 Å². The van der Waals surface area contributed by atoms with E-state index >= 15 is 0 Å². The number of halogens is 1. The lowest BCUT2D eigenvalue weighted by Crippen LogP contribution is -2.29. The highest BCUT2D eigenvalue weighted by Crippen LogP contribution is 2.38. The van der Waals surface area contributed by atoms with Crippen LogP contribution >= 0.6 is 0 Å². The Morgan fingerprint density at radius 2 is 2.00 bits per heavy atom. The van der Waals surface area contributed by atoms with Crippen molar-refractivity contribution in [3.63, 3.8) is 0 Å². The number of nitrogens with zero attached hydrogens (tertiary/aromatic N) is 1. The van der Waals surface area contributed by atoms with Crippen molar-refractivity contribution in [2.45, 2.75) is 39.7 Å². The van der Waals surface area contributed by atoms with Crippen LogP contribution in [0.1, 0.15) is 52.4 Å². The lowest BCUT2D eigenvalue weighted by atomic mass is 9.89. The van der Waals surface area contributed by atoms with Gasteiger partial charge in [-0.15, -0.1) is 0 Å². The van der Waals surface area contributed by atoms with Gasteiger partial charge >= 0.3 is 18.0 Å². The molecular formula is C21H25FN2O5. The molecule has 0 atom stereocenters. The van der Waals surface area contributed by atoms with E-state index in [4.69, 9.17) is 9.84 Å². The van der Waals surface area contributed by atoms with Crippen LogP contribution in [0.4, 0.5) is 14.9 Å². The van der Waals surface area contributed by atoms with E-state index in [1.807, 2.05) is 6.08 Å². The van der Waals surface area contributed by atoms with Crippen LogP contribution in [0, 0.1) is 6.92 Å². The van der Waals surface area contributed by atoms with Crippen LogP contribution in [0.15, 0.2) is 18.0 Å². The van der Waals surface area contributed by atoms with Crippen molar-refractivity contribution in [3.8, 4) is 0 Å². The first-order valence-corrected chi connectivity index (χ1v) is 9.15. The first kappa shape index (κ1) is 22.1. The Morgan fingerprint density at radius 1 is 1.31 bits per heavy atom.